The number of phenolic OH excluding ortho intramolecular Hbond substituents is 1. The lowest BCUT2D eigenvalue weighted by atomic mass is 10.0. The van der Waals surface area contributed by atoms with Gasteiger partial charge in [0.25, 0.3) is 0 Å². The Balaban J connectivity index is 1.59. The molecule has 3 unspecified atom stereocenters. The van der Waals surface area contributed by atoms with Gasteiger partial charge in [0, 0.05) is 5.25 Å². The smallest absolute Gasteiger partial charge is 0.151 e. The summed E-state index contributed by atoms with van der Waals surface area (Å²) in [6.45, 7) is 0. The number of hydrogen-bond acceptors (Lipinski definition) is 4. The first-order valence-electron chi connectivity index (χ1n) is 6.54. The van der Waals surface area contributed by atoms with E-state index in [0.717, 1.165) is 27.3 Å². The standard InChI is InChI=1S/C14H15NOS2/c16-10-3-4-11-13(7-10)18-14(15-11)17-12-6-8-1-2-9(12)5-8/h3-4,7-9,12,16H,1-2,5-6H2. The Morgan fingerprint density at radius 2 is 2.22 bits per heavy atom. The Labute approximate surface area is 114 Å². The summed E-state index contributed by atoms with van der Waals surface area (Å²) in [5, 5.41) is 10.3. The van der Waals surface area contributed by atoms with Crippen molar-refractivity contribution in [2.24, 2.45) is 11.8 Å². The normalized spacial score (nSPS) is 30.3. The molecular formula is C14H15NOS2. The van der Waals surface area contributed by atoms with E-state index in [0.29, 0.717) is 5.75 Å². The molecule has 0 amide bonds. The molecule has 3 atom stereocenters. The summed E-state index contributed by atoms with van der Waals surface area (Å²) in [6, 6.07) is 5.44. The molecule has 2 saturated carbocycles. The van der Waals surface area contributed by atoms with E-state index < -0.39 is 0 Å². The first-order valence-corrected chi connectivity index (χ1v) is 8.24. The summed E-state index contributed by atoms with van der Waals surface area (Å²) >= 11 is 3.69. The van der Waals surface area contributed by atoms with Gasteiger partial charge in [-0.2, -0.15) is 0 Å². The van der Waals surface area contributed by atoms with Crippen LogP contribution in [0.25, 0.3) is 10.2 Å². The fourth-order valence-electron chi connectivity index (χ4n) is 3.40. The van der Waals surface area contributed by atoms with Crippen molar-refractivity contribution in [1.29, 1.82) is 0 Å². The fraction of sp³-hybridized carbons (Fsp3) is 0.500. The molecule has 2 bridgehead atoms. The molecule has 1 heterocycles. The van der Waals surface area contributed by atoms with Crippen LogP contribution in [0.15, 0.2) is 22.5 Å². The molecule has 94 valence electrons. The maximum Gasteiger partial charge on any atom is 0.151 e. The summed E-state index contributed by atoms with van der Waals surface area (Å²) in [6.07, 6.45) is 5.71. The highest BCUT2D eigenvalue weighted by molar-refractivity contribution is 8.01. The van der Waals surface area contributed by atoms with E-state index in [1.165, 1.54) is 30.0 Å². The molecule has 4 rings (SSSR count). The molecule has 2 aliphatic carbocycles. The van der Waals surface area contributed by atoms with Crippen LogP contribution in [0.5, 0.6) is 5.75 Å². The third-order valence-electron chi connectivity index (χ3n) is 4.28. The Morgan fingerprint density at radius 3 is 3.00 bits per heavy atom. The van der Waals surface area contributed by atoms with Gasteiger partial charge < -0.3 is 5.11 Å². The molecule has 0 saturated heterocycles. The molecule has 18 heavy (non-hydrogen) atoms. The number of thioether (sulfide) groups is 1. The van der Waals surface area contributed by atoms with Crippen LogP contribution in [-0.4, -0.2) is 15.3 Å². The van der Waals surface area contributed by atoms with Gasteiger partial charge in [0.05, 0.1) is 10.2 Å². The lowest BCUT2D eigenvalue weighted by molar-refractivity contribution is 0.476. The molecule has 1 aromatic heterocycles. The second kappa shape index (κ2) is 4.14. The van der Waals surface area contributed by atoms with Crippen molar-refractivity contribution in [3.05, 3.63) is 18.2 Å². The quantitative estimate of drug-likeness (QED) is 0.889. The van der Waals surface area contributed by atoms with Crippen LogP contribution >= 0.6 is 23.1 Å². The molecular weight excluding hydrogens is 262 g/mol. The highest BCUT2D eigenvalue weighted by atomic mass is 32.2. The van der Waals surface area contributed by atoms with Crippen LogP contribution in [0.1, 0.15) is 25.7 Å². The minimum absolute atomic E-state index is 0.336. The van der Waals surface area contributed by atoms with Gasteiger partial charge in [-0.15, -0.1) is 11.3 Å². The van der Waals surface area contributed by atoms with Gasteiger partial charge in [0.15, 0.2) is 4.34 Å². The fourth-order valence-corrected chi connectivity index (χ4v) is 6.18. The SMILES string of the molecule is Oc1ccc2nc(SC3CC4CCC3C4)sc2c1. The first-order chi connectivity index (χ1) is 8.78. The molecule has 0 spiro atoms. The Morgan fingerprint density at radius 1 is 1.28 bits per heavy atom. The summed E-state index contributed by atoms with van der Waals surface area (Å²) in [5.74, 6) is 2.26. The number of hydrogen-bond donors (Lipinski definition) is 1. The lowest BCUT2D eigenvalue weighted by Gasteiger charge is -2.19. The van der Waals surface area contributed by atoms with Gasteiger partial charge in [-0.05, 0) is 49.3 Å². The monoisotopic (exact) mass is 277 g/mol. The summed E-state index contributed by atoms with van der Waals surface area (Å²) in [4.78, 5) is 4.67. The van der Waals surface area contributed by atoms with Crippen molar-refractivity contribution >= 4 is 33.3 Å². The van der Waals surface area contributed by atoms with Crippen molar-refractivity contribution in [3.8, 4) is 5.75 Å². The Bertz CT molecular complexity index is 594. The van der Waals surface area contributed by atoms with Gasteiger partial charge in [-0.1, -0.05) is 18.2 Å². The van der Waals surface area contributed by atoms with E-state index in [9.17, 15) is 5.11 Å². The van der Waals surface area contributed by atoms with Crippen molar-refractivity contribution in [1.82, 2.24) is 4.98 Å². The van der Waals surface area contributed by atoms with Gasteiger partial charge in [0.2, 0.25) is 0 Å². The predicted molar refractivity (Wildman–Crippen MR) is 76.4 cm³/mol. The van der Waals surface area contributed by atoms with Crippen molar-refractivity contribution in [2.75, 3.05) is 0 Å². The highest BCUT2D eigenvalue weighted by Crippen LogP contribution is 2.51. The van der Waals surface area contributed by atoms with Crippen molar-refractivity contribution in [2.45, 2.75) is 35.3 Å². The molecule has 1 N–H and O–H groups in total. The molecule has 0 radical (unpaired) electrons. The van der Waals surface area contributed by atoms with E-state index in [-0.39, 0.29) is 0 Å². The molecule has 2 nitrogen and oxygen atoms in total. The van der Waals surface area contributed by atoms with Gasteiger partial charge in [-0.25, -0.2) is 4.98 Å². The number of aromatic hydroxyl groups is 1. The summed E-state index contributed by atoms with van der Waals surface area (Å²) in [5.41, 5.74) is 1.02. The van der Waals surface area contributed by atoms with Crippen LogP contribution in [0.2, 0.25) is 0 Å². The van der Waals surface area contributed by atoms with Crippen LogP contribution in [0, 0.1) is 11.8 Å². The number of fused-ring (bicyclic) bond motifs is 3. The highest BCUT2D eigenvalue weighted by Gasteiger charge is 2.40. The minimum atomic E-state index is 0.336. The second-order valence-corrected chi connectivity index (χ2v) is 7.98. The van der Waals surface area contributed by atoms with Crippen LogP contribution in [0.3, 0.4) is 0 Å². The molecule has 2 aliphatic rings. The zero-order valence-corrected chi connectivity index (χ0v) is 11.6. The summed E-state index contributed by atoms with van der Waals surface area (Å²) < 4.78 is 2.27. The van der Waals surface area contributed by atoms with Crippen molar-refractivity contribution < 1.29 is 5.11 Å². The van der Waals surface area contributed by atoms with Crippen LogP contribution < -0.4 is 0 Å². The van der Waals surface area contributed by atoms with Gasteiger partial charge in [-0.3, -0.25) is 0 Å². The Hall–Kier alpha value is -0.740. The van der Waals surface area contributed by atoms with E-state index in [1.807, 2.05) is 23.9 Å². The maximum absolute atomic E-state index is 9.48. The third kappa shape index (κ3) is 1.82. The van der Waals surface area contributed by atoms with Crippen LogP contribution in [-0.2, 0) is 0 Å². The van der Waals surface area contributed by atoms with E-state index in [4.69, 9.17) is 0 Å². The number of aromatic nitrogens is 1. The number of benzene rings is 1. The minimum Gasteiger partial charge on any atom is -0.508 e. The summed E-state index contributed by atoms with van der Waals surface area (Å²) in [7, 11) is 0. The number of nitrogens with zero attached hydrogens (tertiary/aromatic N) is 1. The molecule has 1 aromatic carbocycles. The Kier molecular flexibility index (Phi) is 2.55. The predicted octanol–water partition coefficient (Wildman–Crippen LogP) is 4.28. The molecule has 4 heteroatoms. The van der Waals surface area contributed by atoms with Gasteiger partial charge in [0.1, 0.15) is 5.75 Å². The lowest BCUT2D eigenvalue weighted by Crippen LogP contribution is -2.11. The zero-order chi connectivity index (χ0) is 12.1. The second-order valence-electron chi connectivity index (χ2n) is 5.46. The third-order valence-corrected chi connectivity index (χ3v) is 6.80. The first kappa shape index (κ1) is 11.1. The molecule has 2 fully saturated rings. The number of thiazole rings is 1. The largest absolute Gasteiger partial charge is 0.508 e. The zero-order valence-electron chi connectivity index (χ0n) is 10.0. The van der Waals surface area contributed by atoms with Crippen molar-refractivity contribution in [3.63, 3.8) is 0 Å². The van der Waals surface area contributed by atoms with Gasteiger partial charge >= 0.3 is 0 Å². The molecule has 2 aromatic rings. The topological polar surface area (TPSA) is 33.1 Å². The number of phenols is 1. The maximum atomic E-state index is 9.48. The van der Waals surface area contributed by atoms with E-state index in [1.54, 1.807) is 17.4 Å². The molecule has 0 aliphatic heterocycles. The average molecular weight is 277 g/mol. The van der Waals surface area contributed by atoms with E-state index >= 15 is 0 Å². The van der Waals surface area contributed by atoms with Crippen LogP contribution in [0.4, 0.5) is 0 Å². The number of rotatable bonds is 2. The van der Waals surface area contributed by atoms with E-state index in [2.05, 4.69) is 4.98 Å². The average Bonchev–Trinajstić information content (AvgIpc) is 3.02.